The maximum atomic E-state index is 15.0. The molecule has 145 heavy (non-hydrogen) atoms. The number of rotatable bonds is 20. The maximum Gasteiger partial charge on any atom is 0.322 e. The number of benzene rings is 4. The number of urea groups is 1. The van der Waals surface area contributed by atoms with Crippen LogP contribution in [0.3, 0.4) is 0 Å². The Bertz CT molecular complexity index is 7410. The van der Waals surface area contributed by atoms with Crippen molar-refractivity contribution in [2.45, 2.75) is 98.5 Å². The van der Waals surface area contributed by atoms with Crippen molar-refractivity contribution in [3.8, 4) is 23.0 Å². The van der Waals surface area contributed by atoms with Gasteiger partial charge in [0.2, 0.25) is 35.4 Å². The Balaban J connectivity index is 0.000000114. The summed E-state index contributed by atoms with van der Waals surface area (Å²) >= 11 is 0. The molecule has 0 spiro atoms. The summed E-state index contributed by atoms with van der Waals surface area (Å²) in [7, 11) is 9.89. The number of ether oxygens (including phenoxy) is 4. The van der Waals surface area contributed by atoms with Crippen molar-refractivity contribution in [3.05, 3.63) is 218 Å². The first-order valence-electron chi connectivity index (χ1n) is 47.5. The predicted molar refractivity (Wildman–Crippen MR) is 511 cm³/mol. The summed E-state index contributed by atoms with van der Waals surface area (Å²) in [6.45, 7) is 10.2. The number of piperidine rings is 1. The number of furan rings is 4. The van der Waals surface area contributed by atoms with Crippen LogP contribution in [-0.2, 0) is 81.5 Å². The summed E-state index contributed by atoms with van der Waals surface area (Å²) < 4.78 is 89.3. The number of hydrogen-bond acceptors (Lipinski definition) is 31. The highest BCUT2D eigenvalue weighted by atomic mass is 19.1. The fourth-order valence-electron chi connectivity index (χ4n) is 21.4. The number of pyridine rings is 4. The number of nitrogens with one attached hydrogen (secondary N) is 6. The molecule has 5 atom stereocenters. The lowest BCUT2D eigenvalue weighted by Gasteiger charge is -2.33. The standard InChI is InChI=1S/C26H26FN5O5.C26H27N5O5.C25H23F2N5O5.C25H24N4O6/c1-30-7-9-31(10-8-30)20-6-5-17-16(28-20)11-19(37-17)26(12-21(33)29-25(26)35)14-32-13-15-3-4-18(36-2)23(27)22(15)24(32)34;1-29-7-9-30(10-8-29)22-6-5-20-19(27-22)12-21(36-20)26(13-23(32)28-25(26)34)15-31-14-16-3-4-17(35-2)11-18(16)24(31)33;1-36-16-3-2-13-10-32(22(33)19(13)20(16)27)11-25(23(34)30-24(35)31-25)18-9-15-17(37-18)8-14(26)21(29-15)12-4-6-28-7-5-12;1-34-16-3-2-14-11-29(23(32)17(14)8-16)13-25(10-22(31)27-24(25)33)20-9-18-19(35-20)4-5-21(26-18)28-7-6-15(30)12-28/h3-6,11H,7-10,12-14H2,1-2H3,(H,29,33,35);3-6,11-12H,7-10,13-15H2,1-2H3,(H,28,32,34);2-3,8-9,12,28H,4-7,10-11H2,1H3,(H2,30,31,34,35);2-5,8-9,15,30H,6-7,10-13H2,1H3,(H,27,31,33)/t2*26-;25-;15-,25-/m1101/s1. The molecule has 750 valence electrons. The highest BCUT2D eigenvalue weighted by Gasteiger charge is 2.59. The van der Waals surface area contributed by atoms with Crippen molar-refractivity contribution in [2.75, 3.05) is 162 Å². The van der Waals surface area contributed by atoms with Gasteiger partial charge < -0.3 is 96.5 Å². The van der Waals surface area contributed by atoms with E-state index >= 15 is 0 Å². The minimum Gasteiger partial charge on any atom is -0.497 e. The van der Waals surface area contributed by atoms with Gasteiger partial charge in [-0.05, 0) is 141 Å². The molecule has 12 aromatic rings. The highest BCUT2D eigenvalue weighted by molar-refractivity contribution is 6.13. The van der Waals surface area contributed by atoms with Crippen LogP contribution < -0.4 is 65.5 Å². The van der Waals surface area contributed by atoms with E-state index in [1.54, 1.807) is 83.6 Å². The van der Waals surface area contributed by atoms with Crippen LogP contribution >= 0.6 is 0 Å². The Morgan fingerprint density at radius 1 is 0.400 bits per heavy atom. The van der Waals surface area contributed by atoms with Crippen molar-refractivity contribution in [3.63, 3.8) is 0 Å². The van der Waals surface area contributed by atoms with Crippen LogP contribution in [0, 0.1) is 17.5 Å². The number of halogens is 3. The number of nitrogens with zero attached hydrogens (tertiary/aromatic N) is 13. The molecular formula is C102H100F3N19O21. The number of likely N-dealkylation sites (N-methyl/N-ethyl adjacent to an activating group) is 2. The quantitative estimate of drug-likeness (QED) is 0.0304. The fourth-order valence-corrected chi connectivity index (χ4v) is 21.4. The third-order valence-corrected chi connectivity index (χ3v) is 29.4. The molecule has 20 heterocycles. The monoisotopic (exact) mass is 1980 g/mol. The third-order valence-electron chi connectivity index (χ3n) is 29.4. The molecular weight excluding hydrogens is 1880 g/mol. The zero-order chi connectivity index (χ0) is 101. The molecule has 0 saturated carbocycles. The maximum absolute atomic E-state index is 15.0. The van der Waals surface area contributed by atoms with Gasteiger partial charge in [-0.15, -0.1) is 0 Å². The van der Waals surface area contributed by atoms with Crippen molar-refractivity contribution < 1.29 is 112 Å². The van der Waals surface area contributed by atoms with Crippen LogP contribution in [0.5, 0.6) is 23.0 Å². The number of carbonyl (C=O) groups excluding carboxylic acids is 12. The van der Waals surface area contributed by atoms with E-state index in [4.69, 9.17) is 46.6 Å². The molecule has 24 rings (SSSR count). The minimum absolute atomic E-state index is 0.00690. The molecule has 7 N–H and O–H groups in total. The molecule has 0 unspecified atom stereocenters. The third kappa shape index (κ3) is 17.2. The number of fused-ring (bicyclic) bond motifs is 8. The molecule has 8 aromatic heterocycles. The number of β-amino-alcohol motifs (C(OH)–C–C–N with tert-alkyl or cyclic N) is 1. The summed E-state index contributed by atoms with van der Waals surface area (Å²) in [5, 5.41) is 25.0. The Hall–Kier alpha value is -15.9. The molecule has 0 aliphatic carbocycles. The first-order valence-corrected chi connectivity index (χ1v) is 47.5. The van der Waals surface area contributed by atoms with Gasteiger partial charge in [0.05, 0.1) is 77.2 Å². The number of amides is 13. The van der Waals surface area contributed by atoms with E-state index in [9.17, 15) is 75.8 Å². The summed E-state index contributed by atoms with van der Waals surface area (Å²) in [6, 6.07) is 34.8. The second-order valence-corrected chi connectivity index (χ2v) is 38.5. The Morgan fingerprint density at radius 2 is 0.793 bits per heavy atom. The van der Waals surface area contributed by atoms with Gasteiger partial charge in [0.1, 0.15) is 96.1 Å². The number of imide groups is 4. The molecule has 8 saturated heterocycles. The summed E-state index contributed by atoms with van der Waals surface area (Å²) in [5.41, 5.74) is 1.44. The van der Waals surface area contributed by atoms with Crippen LogP contribution in [0.4, 0.5) is 35.4 Å². The molecule has 4 aromatic carbocycles. The van der Waals surface area contributed by atoms with E-state index in [-0.39, 0.29) is 122 Å². The van der Waals surface area contributed by atoms with E-state index in [0.29, 0.717) is 128 Å². The Kier molecular flexibility index (Phi) is 24.6. The van der Waals surface area contributed by atoms with Gasteiger partial charge in [-0.25, -0.2) is 37.9 Å². The Labute approximate surface area is 824 Å². The van der Waals surface area contributed by atoms with Crippen molar-refractivity contribution >= 4 is 133 Å². The molecule has 8 fully saturated rings. The van der Waals surface area contributed by atoms with Crippen LogP contribution in [0.1, 0.15) is 137 Å². The zero-order valence-electron chi connectivity index (χ0n) is 79.7. The summed E-state index contributed by atoms with van der Waals surface area (Å²) in [5.74, 6) is -3.01. The first kappa shape index (κ1) is 95.3. The molecule has 12 aliphatic rings. The average Bonchev–Trinajstić information content (AvgIpc) is 1.59. The summed E-state index contributed by atoms with van der Waals surface area (Å²) in [6.07, 6.45) is 1.36. The Morgan fingerprint density at radius 3 is 1.19 bits per heavy atom. The van der Waals surface area contributed by atoms with E-state index in [1.807, 2.05) is 41.3 Å². The van der Waals surface area contributed by atoms with Gasteiger partial charge >= 0.3 is 6.03 Å². The predicted octanol–water partition coefficient (Wildman–Crippen LogP) is 6.82. The molecule has 12 aliphatic heterocycles. The van der Waals surface area contributed by atoms with E-state index in [1.165, 1.54) is 55.4 Å². The summed E-state index contributed by atoms with van der Waals surface area (Å²) in [4.78, 5) is 190. The van der Waals surface area contributed by atoms with Crippen LogP contribution in [0.15, 0.2) is 145 Å². The molecule has 13 amide bonds. The molecule has 43 heteroatoms. The molecule has 40 nitrogen and oxygen atoms in total. The topological polar surface area (TPSA) is 467 Å². The second-order valence-electron chi connectivity index (χ2n) is 38.5. The second kappa shape index (κ2) is 37.4. The fraction of sp³-hybridized carbons (Fsp3) is 0.373. The van der Waals surface area contributed by atoms with Crippen LogP contribution in [0.2, 0.25) is 0 Å². The van der Waals surface area contributed by atoms with Gasteiger partial charge in [-0.3, -0.25) is 74.0 Å². The number of aromatic nitrogens is 4. The number of aliphatic hydroxyl groups excluding tert-OH is 1. The first-order chi connectivity index (χ1) is 69.8. The largest absolute Gasteiger partial charge is 0.497 e. The smallest absolute Gasteiger partial charge is 0.322 e. The number of hydrogen-bond donors (Lipinski definition) is 7. The zero-order valence-corrected chi connectivity index (χ0v) is 79.7. The van der Waals surface area contributed by atoms with E-state index < -0.39 is 98.4 Å². The SMILES string of the molecule is COc1ccc2c(c1)C(=O)N(C[C@@]1(c3cc4nc(N5CCN(C)CC5)ccc4o3)CC(=O)NC1=O)C2.COc1ccc2c(c1)C(=O)N(C[C@@]1(c3cc4nc(N5CC[C@@H](O)C5)ccc4o3)CC(=O)NC1=O)C2.COc1ccc2c(c1F)C(=O)N(C[C@@]1(c3cc4nc(C5CCNCC5)c(F)cc4o3)NC(=O)NC1=O)C2.COc1ccc2c(c1F)C(=O)N(C[C@@]1(c3cc4nc(N5CCN(C)CC5)ccc4o3)CC(=O)NC1=O)C2. The molecule has 0 radical (unpaired) electrons. The lowest BCUT2D eigenvalue weighted by molar-refractivity contribution is -0.128. The lowest BCUT2D eigenvalue weighted by atomic mass is 9.82. The number of anilines is 3. The lowest BCUT2D eigenvalue weighted by Crippen LogP contribution is -2.52. The number of aliphatic hydroxyl groups is 1. The van der Waals surface area contributed by atoms with Crippen molar-refractivity contribution in [2.24, 2.45) is 0 Å². The number of methoxy groups -OCH3 is 4. The number of carbonyl (C=O) groups is 12. The highest BCUT2D eigenvalue weighted by Crippen LogP contribution is 2.47. The molecule has 0 bridgehead atoms. The van der Waals surface area contributed by atoms with E-state index in [0.717, 1.165) is 101 Å². The average molecular weight is 1990 g/mol. The normalized spacial score (nSPS) is 22.6. The van der Waals surface area contributed by atoms with Crippen molar-refractivity contribution in [1.29, 1.82) is 0 Å². The van der Waals surface area contributed by atoms with Gasteiger partial charge in [-0.2, -0.15) is 0 Å². The van der Waals surface area contributed by atoms with E-state index in [2.05, 4.69) is 75.6 Å². The van der Waals surface area contributed by atoms with Crippen LogP contribution in [0.25, 0.3) is 44.4 Å². The van der Waals surface area contributed by atoms with Gasteiger partial charge in [-0.1, -0.05) is 24.3 Å². The van der Waals surface area contributed by atoms with Crippen molar-refractivity contribution in [1.82, 2.24) is 81.2 Å². The van der Waals surface area contributed by atoms with Crippen LogP contribution in [-0.4, -0.2) is 279 Å². The number of piperazine rings is 2. The van der Waals surface area contributed by atoms with Gasteiger partial charge in [0.25, 0.3) is 29.5 Å². The minimum atomic E-state index is -1.82. The van der Waals surface area contributed by atoms with Gasteiger partial charge in [0, 0.05) is 159 Å². The van der Waals surface area contributed by atoms with Gasteiger partial charge in [0.15, 0.2) is 51.0 Å².